The average Bonchev–Trinajstić information content (AvgIpc) is 2.59. The minimum Gasteiger partial charge on any atom is -0.333 e. The number of fused-ring (bicyclic) bond motifs is 1. The van der Waals surface area contributed by atoms with Gasteiger partial charge in [0.25, 0.3) is 0 Å². The summed E-state index contributed by atoms with van der Waals surface area (Å²) in [5, 5.41) is 0. The van der Waals surface area contributed by atoms with E-state index < -0.39 is 0 Å². The summed E-state index contributed by atoms with van der Waals surface area (Å²) in [6, 6.07) is 5.67. The highest BCUT2D eigenvalue weighted by molar-refractivity contribution is 6.07. The normalized spacial score (nSPS) is 11.2. The molecule has 0 fully saturated rings. The number of aromatic nitrogens is 2. The van der Waals surface area contributed by atoms with Gasteiger partial charge in [-0.1, -0.05) is 19.9 Å². The van der Waals surface area contributed by atoms with Crippen molar-refractivity contribution in [3.05, 3.63) is 30.1 Å². The van der Waals surface area contributed by atoms with E-state index in [2.05, 4.69) is 4.98 Å². The molecule has 3 heteroatoms. The number of carbonyl (C=O) groups excluding carboxylic acids is 1. The number of Topliss-reactive ketones (excluding diaryl/α,β-unsaturated/α-hetero) is 1. The van der Waals surface area contributed by atoms with Crippen molar-refractivity contribution in [2.75, 3.05) is 0 Å². The summed E-state index contributed by atoms with van der Waals surface area (Å²) in [4.78, 5) is 16.2. The number of carbonyl (C=O) groups is 1. The topological polar surface area (TPSA) is 34.9 Å². The number of imidazole rings is 1. The van der Waals surface area contributed by atoms with Gasteiger partial charge in [0.2, 0.25) is 0 Å². The number of benzene rings is 1. The Morgan fingerprint density at radius 1 is 1.40 bits per heavy atom. The number of rotatable bonds is 2. The highest BCUT2D eigenvalue weighted by atomic mass is 16.1. The van der Waals surface area contributed by atoms with Gasteiger partial charge < -0.3 is 4.57 Å². The predicted octanol–water partition coefficient (Wildman–Crippen LogP) is 2.41. The maximum Gasteiger partial charge on any atom is 0.167 e. The number of ketones is 1. The molecule has 0 bridgehead atoms. The summed E-state index contributed by atoms with van der Waals surface area (Å²) in [5.41, 5.74) is 2.57. The van der Waals surface area contributed by atoms with Gasteiger partial charge in [0.1, 0.15) is 0 Å². The van der Waals surface area contributed by atoms with Gasteiger partial charge in [0, 0.05) is 18.5 Å². The average molecular weight is 202 g/mol. The van der Waals surface area contributed by atoms with E-state index in [9.17, 15) is 4.79 Å². The molecule has 2 aromatic rings. The van der Waals surface area contributed by atoms with Crippen LogP contribution in [0, 0.1) is 5.92 Å². The Labute approximate surface area is 88.7 Å². The maximum atomic E-state index is 12.0. The third-order valence-electron chi connectivity index (χ3n) is 2.53. The highest BCUT2D eigenvalue weighted by Gasteiger charge is 2.15. The Morgan fingerprint density at radius 3 is 2.80 bits per heavy atom. The Balaban J connectivity index is 2.70. The number of para-hydroxylation sites is 1. The second-order valence-corrected chi connectivity index (χ2v) is 4.05. The molecule has 0 spiro atoms. The second-order valence-electron chi connectivity index (χ2n) is 4.05. The molecule has 0 unspecified atom stereocenters. The van der Waals surface area contributed by atoms with Crippen LogP contribution in [0.3, 0.4) is 0 Å². The fourth-order valence-corrected chi connectivity index (χ4v) is 1.72. The van der Waals surface area contributed by atoms with Gasteiger partial charge in [0.15, 0.2) is 5.78 Å². The van der Waals surface area contributed by atoms with Gasteiger partial charge in [-0.3, -0.25) is 4.79 Å². The van der Waals surface area contributed by atoms with Crippen molar-refractivity contribution in [1.82, 2.24) is 9.55 Å². The number of hydrogen-bond donors (Lipinski definition) is 0. The van der Waals surface area contributed by atoms with E-state index in [1.165, 1.54) is 0 Å². The van der Waals surface area contributed by atoms with Crippen LogP contribution in [0.5, 0.6) is 0 Å². The molecule has 1 aromatic carbocycles. The molecule has 0 amide bonds. The molecule has 0 aliphatic heterocycles. The number of aryl methyl sites for hydroxylation is 1. The van der Waals surface area contributed by atoms with Crippen LogP contribution in [0.1, 0.15) is 24.2 Å². The van der Waals surface area contributed by atoms with Crippen molar-refractivity contribution < 1.29 is 4.79 Å². The van der Waals surface area contributed by atoms with Crippen LogP contribution in [0.25, 0.3) is 11.0 Å². The van der Waals surface area contributed by atoms with Crippen LogP contribution >= 0.6 is 0 Å². The van der Waals surface area contributed by atoms with Crippen LogP contribution in [0.15, 0.2) is 24.5 Å². The molecule has 15 heavy (non-hydrogen) atoms. The summed E-state index contributed by atoms with van der Waals surface area (Å²) in [6.45, 7) is 3.83. The maximum absolute atomic E-state index is 12.0. The lowest BCUT2D eigenvalue weighted by Crippen LogP contribution is -2.09. The van der Waals surface area contributed by atoms with E-state index in [-0.39, 0.29) is 11.7 Å². The summed E-state index contributed by atoms with van der Waals surface area (Å²) < 4.78 is 1.89. The molecule has 0 radical (unpaired) electrons. The number of hydrogen-bond acceptors (Lipinski definition) is 2. The third-order valence-corrected chi connectivity index (χ3v) is 2.53. The summed E-state index contributed by atoms with van der Waals surface area (Å²) >= 11 is 0. The first-order valence-electron chi connectivity index (χ1n) is 5.05. The van der Waals surface area contributed by atoms with Crippen molar-refractivity contribution in [1.29, 1.82) is 0 Å². The monoisotopic (exact) mass is 202 g/mol. The molecule has 0 saturated carbocycles. The summed E-state index contributed by atoms with van der Waals surface area (Å²) in [6.07, 6.45) is 1.74. The molecular weight excluding hydrogens is 188 g/mol. The van der Waals surface area contributed by atoms with Crippen LogP contribution < -0.4 is 0 Å². The lowest BCUT2D eigenvalue weighted by molar-refractivity contribution is 0.0940. The first kappa shape index (κ1) is 9.90. The smallest absolute Gasteiger partial charge is 0.167 e. The van der Waals surface area contributed by atoms with Crippen LogP contribution in [0.2, 0.25) is 0 Å². The SMILES string of the molecule is CC(C)C(=O)c1cccc2ncn(C)c12. The first-order chi connectivity index (χ1) is 7.11. The quantitative estimate of drug-likeness (QED) is 0.701. The van der Waals surface area contributed by atoms with Gasteiger partial charge in [-0.05, 0) is 12.1 Å². The van der Waals surface area contributed by atoms with Crippen molar-refractivity contribution in [3.63, 3.8) is 0 Å². The molecule has 1 aromatic heterocycles. The Kier molecular flexibility index (Phi) is 2.31. The van der Waals surface area contributed by atoms with Gasteiger partial charge >= 0.3 is 0 Å². The van der Waals surface area contributed by atoms with Crippen LogP contribution in [-0.4, -0.2) is 15.3 Å². The molecule has 78 valence electrons. The lowest BCUT2D eigenvalue weighted by Gasteiger charge is -2.06. The minimum atomic E-state index is 0.0190. The van der Waals surface area contributed by atoms with Crippen LogP contribution in [0.4, 0.5) is 0 Å². The molecule has 2 rings (SSSR count). The summed E-state index contributed by atoms with van der Waals surface area (Å²) in [5.74, 6) is 0.190. The molecule has 1 heterocycles. The molecule has 0 saturated heterocycles. The van der Waals surface area contributed by atoms with Crippen molar-refractivity contribution in [2.24, 2.45) is 13.0 Å². The second kappa shape index (κ2) is 3.50. The highest BCUT2D eigenvalue weighted by Crippen LogP contribution is 2.19. The fraction of sp³-hybridized carbons (Fsp3) is 0.333. The van der Waals surface area contributed by atoms with E-state index in [0.29, 0.717) is 0 Å². The van der Waals surface area contributed by atoms with Crippen LogP contribution in [-0.2, 0) is 7.05 Å². The zero-order chi connectivity index (χ0) is 11.0. The Hall–Kier alpha value is -1.64. The molecular formula is C12H14N2O. The van der Waals surface area contributed by atoms with Crippen molar-refractivity contribution in [2.45, 2.75) is 13.8 Å². The minimum absolute atomic E-state index is 0.0190. The molecule has 0 aliphatic carbocycles. The zero-order valence-electron chi connectivity index (χ0n) is 9.19. The lowest BCUT2D eigenvalue weighted by atomic mass is 10.00. The summed E-state index contributed by atoms with van der Waals surface area (Å²) in [7, 11) is 1.91. The number of nitrogens with zero attached hydrogens (tertiary/aromatic N) is 2. The Morgan fingerprint density at radius 2 is 2.13 bits per heavy atom. The van der Waals surface area contributed by atoms with Gasteiger partial charge in [0.05, 0.1) is 17.4 Å². The van der Waals surface area contributed by atoms with E-state index >= 15 is 0 Å². The van der Waals surface area contributed by atoms with E-state index in [4.69, 9.17) is 0 Å². The van der Waals surface area contributed by atoms with E-state index in [1.54, 1.807) is 6.33 Å². The molecule has 0 N–H and O–H groups in total. The molecule has 3 nitrogen and oxygen atoms in total. The molecule has 0 atom stereocenters. The third kappa shape index (κ3) is 1.54. The first-order valence-corrected chi connectivity index (χ1v) is 5.05. The fourth-order valence-electron chi connectivity index (χ4n) is 1.72. The van der Waals surface area contributed by atoms with Crippen molar-refractivity contribution >= 4 is 16.8 Å². The zero-order valence-corrected chi connectivity index (χ0v) is 9.19. The largest absolute Gasteiger partial charge is 0.333 e. The van der Waals surface area contributed by atoms with Gasteiger partial charge in [-0.25, -0.2) is 4.98 Å². The predicted molar refractivity (Wildman–Crippen MR) is 59.9 cm³/mol. The standard InChI is InChI=1S/C12H14N2O/c1-8(2)12(15)9-5-4-6-10-11(9)14(3)7-13-10/h4-8H,1-3H3. The van der Waals surface area contributed by atoms with Gasteiger partial charge in [-0.15, -0.1) is 0 Å². The van der Waals surface area contributed by atoms with E-state index in [0.717, 1.165) is 16.6 Å². The Bertz CT molecular complexity index is 511. The van der Waals surface area contributed by atoms with Crippen molar-refractivity contribution in [3.8, 4) is 0 Å². The molecule has 0 aliphatic rings. The van der Waals surface area contributed by atoms with E-state index in [1.807, 2.05) is 43.7 Å². The van der Waals surface area contributed by atoms with Gasteiger partial charge in [-0.2, -0.15) is 0 Å².